The van der Waals surface area contributed by atoms with Crippen molar-refractivity contribution in [2.75, 3.05) is 30.8 Å². The van der Waals surface area contributed by atoms with Gasteiger partial charge in [0.15, 0.2) is 0 Å². The Morgan fingerprint density at radius 1 is 1.18 bits per heavy atom. The molecule has 0 unspecified atom stereocenters. The smallest absolute Gasteiger partial charge is 0.251 e. The van der Waals surface area contributed by atoms with Crippen molar-refractivity contribution in [1.82, 2.24) is 5.32 Å². The fourth-order valence-corrected chi connectivity index (χ4v) is 3.48. The number of ether oxygens (including phenoxy) is 1. The molecule has 2 rings (SSSR count). The van der Waals surface area contributed by atoms with Crippen molar-refractivity contribution in [3.63, 3.8) is 0 Å². The van der Waals surface area contributed by atoms with E-state index >= 15 is 0 Å². The van der Waals surface area contributed by atoms with Crippen LogP contribution in [0.4, 0.5) is 5.69 Å². The van der Waals surface area contributed by atoms with Gasteiger partial charge in [0.2, 0.25) is 10.0 Å². The molecule has 2 aromatic rings. The topological polar surface area (TPSA) is 75.7 Å². The molecule has 0 radical (unpaired) electrons. The number of nitrogens with zero attached hydrogens (tertiary/aromatic N) is 1. The van der Waals surface area contributed by atoms with E-state index in [1.165, 1.54) is 11.4 Å². The molecule has 0 atom stereocenters. The van der Waals surface area contributed by atoms with Gasteiger partial charge in [-0.2, -0.15) is 0 Å². The van der Waals surface area contributed by atoms with E-state index in [0.717, 1.165) is 36.0 Å². The van der Waals surface area contributed by atoms with Gasteiger partial charge in [0.05, 0.1) is 18.6 Å². The second-order valence-electron chi connectivity index (χ2n) is 6.63. The van der Waals surface area contributed by atoms with Gasteiger partial charge in [0.25, 0.3) is 5.91 Å². The van der Waals surface area contributed by atoms with E-state index in [1.807, 2.05) is 31.2 Å². The Kier molecular flexibility index (Phi) is 7.45. The normalized spacial score (nSPS) is 11.1. The number of sulfonamides is 1. The van der Waals surface area contributed by atoms with Gasteiger partial charge in [-0.05, 0) is 62.1 Å². The molecular weight excluding hydrogens is 376 g/mol. The number of anilines is 1. The summed E-state index contributed by atoms with van der Waals surface area (Å²) in [5.74, 6) is 0.715. The second kappa shape index (κ2) is 9.59. The highest BCUT2D eigenvalue weighted by molar-refractivity contribution is 7.92. The molecule has 6 nitrogen and oxygen atoms in total. The van der Waals surface area contributed by atoms with Crippen LogP contribution in [0.2, 0.25) is 0 Å². The minimum Gasteiger partial charge on any atom is -0.494 e. The molecule has 0 aliphatic rings. The van der Waals surface area contributed by atoms with Crippen molar-refractivity contribution < 1.29 is 17.9 Å². The van der Waals surface area contributed by atoms with Crippen molar-refractivity contribution in [3.05, 3.63) is 59.2 Å². The van der Waals surface area contributed by atoms with Crippen LogP contribution in [0.5, 0.6) is 5.75 Å². The molecule has 1 amide bonds. The second-order valence-corrected chi connectivity index (χ2v) is 8.65. The lowest BCUT2D eigenvalue weighted by Crippen LogP contribution is -2.27. The third kappa shape index (κ3) is 5.73. The summed E-state index contributed by atoms with van der Waals surface area (Å²) >= 11 is 0. The zero-order valence-electron chi connectivity index (χ0n) is 16.9. The van der Waals surface area contributed by atoms with Gasteiger partial charge in [-0.1, -0.05) is 18.2 Å². The molecule has 0 aromatic heterocycles. The molecular formula is C21H28N2O4S. The van der Waals surface area contributed by atoms with Crippen LogP contribution in [0.3, 0.4) is 0 Å². The van der Waals surface area contributed by atoms with Crippen molar-refractivity contribution in [2.45, 2.75) is 26.7 Å². The Balaban J connectivity index is 1.93. The average molecular weight is 405 g/mol. The number of aryl methyl sites for hydroxylation is 2. The lowest BCUT2D eigenvalue weighted by atomic mass is 10.1. The van der Waals surface area contributed by atoms with E-state index in [-0.39, 0.29) is 5.91 Å². The van der Waals surface area contributed by atoms with Crippen LogP contribution in [0, 0.1) is 6.92 Å². The first kappa shape index (κ1) is 21.8. The zero-order chi connectivity index (χ0) is 20.7. The first-order valence-electron chi connectivity index (χ1n) is 9.27. The fraction of sp³-hybridized carbons (Fsp3) is 0.381. The molecule has 7 heteroatoms. The molecule has 152 valence electrons. The Hall–Kier alpha value is -2.54. The SMILES string of the molecule is CCOc1ccccc1CCCNC(=O)c1ccc(N(C)S(C)(=O)=O)c(C)c1. The van der Waals surface area contributed by atoms with Crippen LogP contribution in [-0.2, 0) is 16.4 Å². The lowest BCUT2D eigenvalue weighted by Gasteiger charge is -2.19. The highest BCUT2D eigenvalue weighted by Gasteiger charge is 2.15. The number of nitrogens with one attached hydrogen (secondary N) is 1. The van der Waals surface area contributed by atoms with Crippen LogP contribution < -0.4 is 14.4 Å². The monoisotopic (exact) mass is 404 g/mol. The Morgan fingerprint density at radius 3 is 2.54 bits per heavy atom. The molecule has 1 N–H and O–H groups in total. The number of rotatable bonds is 9. The third-order valence-corrected chi connectivity index (χ3v) is 5.67. The van der Waals surface area contributed by atoms with Gasteiger partial charge in [-0.15, -0.1) is 0 Å². The summed E-state index contributed by atoms with van der Waals surface area (Å²) in [5, 5.41) is 2.92. The molecule has 28 heavy (non-hydrogen) atoms. The zero-order valence-corrected chi connectivity index (χ0v) is 17.7. The predicted octanol–water partition coefficient (Wildman–Crippen LogP) is 3.15. The van der Waals surface area contributed by atoms with Crippen LogP contribution >= 0.6 is 0 Å². The maximum Gasteiger partial charge on any atom is 0.251 e. The van der Waals surface area contributed by atoms with E-state index in [9.17, 15) is 13.2 Å². The van der Waals surface area contributed by atoms with Gasteiger partial charge in [-0.3, -0.25) is 9.10 Å². The van der Waals surface area contributed by atoms with Gasteiger partial charge in [0.1, 0.15) is 5.75 Å². The van der Waals surface area contributed by atoms with Crippen molar-refractivity contribution in [1.29, 1.82) is 0 Å². The molecule has 0 bridgehead atoms. The first-order valence-corrected chi connectivity index (χ1v) is 11.1. The minimum atomic E-state index is -3.34. The quantitative estimate of drug-likeness (QED) is 0.652. The molecule has 0 saturated carbocycles. The third-order valence-electron chi connectivity index (χ3n) is 4.48. The van der Waals surface area contributed by atoms with Gasteiger partial charge < -0.3 is 10.1 Å². The summed E-state index contributed by atoms with van der Waals surface area (Å²) in [4.78, 5) is 12.4. The Morgan fingerprint density at radius 2 is 1.89 bits per heavy atom. The first-order chi connectivity index (χ1) is 13.2. The number of hydrogen-bond donors (Lipinski definition) is 1. The van der Waals surface area contributed by atoms with Crippen LogP contribution in [0.15, 0.2) is 42.5 Å². The summed E-state index contributed by atoms with van der Waals surface area (Å²) in [6.45, 7) is 4.91. The van der Waals surface area contributed by atoms with Gasteiger partial charge >= 0.3 is 0 Å². The molecule has 0 aliphatic carbocycles. The Bertz CT molecular complexity index is 926. The molecule has 0 spiro atoms. The molecule has 0 aliphatic heterocycles. The van der Waals surface area contributed by atoms with E-state index < -0.39 is 10.0 Å². The van der Waals surface area contributed by atoms with E-state index in [1.54, 1.807) is 25.1 Å². The van der Waals surface area contributed by atoms with E-state index in [2.05, 4.69) is 5.32 Å². The van der Waals surface area contributed by atoms with E-state index in [4.69, 9.17) is 4.74 Å². The number of amides is 1. The van der Waals surface area contributed by atoms with Crippen LogP contribution in [-0.4, -0.2) is 40.8 Å². The summed E-state index contributed by atoms with van der Waals surface area (Å²) < 4.78 is 30.2. The van der Waals surface area contributed by atoms with Crippen molar-refractivity contribution >= 4 is 21.6 Å². The summed E-state index contributed by atoms with van der Waals surface area (Å²) in [6.07, 6.45) is 2.76. The summed E-state index contributed by atoms with van der Waals surface area (Å²) in [6, 6.07) is 12.9. The number of carbonyl (C=O) groups excluding carboxylic acids is 1. The van der Waals surface area contributed by atoms with Gasteiger partial charge in [-0.25, -0.2) is 8.42 Å². The molecule has 2 aromatic carbocycles. The molecule has 0 fully saturated rings. The summed E-state index contributed by atoms with van der Waals surface area (Å²) in [7, 11) is -1.84. The van der Waals surface area contributed by atoms with Gasteiger partial charge in [0, 0.05) is 19.2 Å². The molecule has 0 heterocycles. The number of para-hydroxylation sites is 1. The van der Waals surface area contributed by atoms with Crippen molar-refractivity contribution in [2.24, 2.45) is 0 Å². The number of benzene rings is 2. The van der Waals surface area contributed by atoms with E-state index in [0.29, 0.717) is 24.4 Å². The highest BCUT2D eigenvalue weighted by Crippen LogP contribution is 2.22. The maximum absolute atomic E-state index is 12.4. The maximum atomic E-state index is 12.4. The van der Waals surface area contributed by atoms with Crippen LogP contribution in [0.25, 0.3) is 0 Å². The average Bonchev–Trinajstić information content (AvgIpc) is 2.65. The largest absolute Gasteiger partial charge is 0.494 e. The van der Waals surface area contributed by atoms with Crippen LogP contribution in [0.1, 0.15) is 34.8 Å². The standard InChI is InChI=1S/C21H28N2O4S/c1-5-27-20-11-7-6-9-17(20)10-8-14-22-21(24)18-12-13-19(16(2)15-18)23(3)28(4,25)26/h6-7,9,11-13,15H,5,8,10,14H2,1-4H3,(H,22,24). The molecule has 0 saturated heterocycles. The number of hydrogen-bond acceptors (Lipinski definition) is 4. The fourth-order valence-electron chi connectivity index (χ4n) is 2.92. The minimum absolute atomic E-state index is 0.172. The summed E-state index contributed by atoms with van der Waals surface area (Å²) in [5.41, 5.74) is 2.93. The predicted molar refractivity (Wildman–Crippen MR) is 113 cm³/mol. The number of carbonyl (C=O) groups is 1. The Labute approximate surface area is 167 Å². The highest BCUT2D eigenvalue weighted by atomic mass is 32.2. The lowest BCUT2D eigenvalue weighted by molar-refractivity contribution is 0.0953. The van der Waals surface area contributed by atoms with Crippen molar-refractivity contribution in [3.8, 4) is 5.75 Å².